The van der Waals surface area contributed by atoms with Gasteiger partial charge in [-0.15, -0.1) is 11.3 Å². The van der Waals surface area contributed by atoms with Gasteiger partial charge in [0.2, 0.25) is 5.91 Å². The zero-order chi connectivity index (χ0) is 23.4. The van der Waals surface area contributed by atoms with Gasteiger partial charge >= 0.3 is 6.18 Å². The van der Waals surface area contributed by atoms with Crippen LogP contribution in [0.3, 0.4) is 0 Å². The SMILES string of the molecule is O=C(Cc1csc(-c2ccc(CN3CCOCC3)cc2)n1)Nc1ncc(C(F)(F)F)cc1Cl. The first kappa shape index (κ1) is 23.6. The van der Waals surface area contributed by atoms with Crippen molar-refractivity contribution in [3.05, 3.63) is 63.8 Å². The molecule has 1 aliphatic heterocycles. The third kappa shape index (κ3) is 6.29. The van der Waals surface area contributed by atoms with Crippen molar-refractivity contribution in [3.63, 3.8) is 0 Å². The number of thiazole rings is 1. The highest BCUT2D eigenvalue weighted by molar-refractivity contribution is 7.13. The fourth-order valence-electron chi connectivity index (χ4n) is 3.32. The van der Waals surface area contributed by atoms with E-state index in [1.165, 1.54) is 16.9 Å². The van der Waals surface area contributed by atoms with Gasteiger partial charge in [0, 0.05) is 36.8 Å². The van der Waals surface area contributed by atoms with Crippen LogP contribution >= 0.6 is 22.9 Å². The topological polar surface area (TPSA) is 67.4 Å². The molecular formula is C22H20ClF3N4O2S. The van der Waals surface area contributed by atoms with E-state index in [-0.39, 0.29) is 17.3 Å². The summed E-state index contributed by atoms with van der Waals surface area (Å²) in [6.45, 7) is 4.23. The molecule has 6 nitrogen and oxygen atoms in total. The first-order valence-electron chi connectivity index (χ1n) is 10.1. The molecule has 174 valence electrons. The van der Waals surface area contributed by atoms with Crippen LogP contribution < -0.4 is 5.32 Å². The van der Waals surface area contributed by atoms with Gasteiger partial charge in [0.15, 0.2) is 5.82 Å². The summed E-state index contributed by atoms with van der Waals surface area (Å²) in [6.07, 6.45) is -3.98. The number of amides is 1. The van der Waals surface area contributed by atoms with E-state index in [1.54, 1.807) is 5.38 Å². The third-order valence-corrected chi connectivity index (χ3v) is 6.26. The molecule has 0 atom stereocenters. The molecule has 1 N–H and O–H groups in total. The normalized spacial score (nSPS) is 14.9. The average molecular weight is 497 g/mol. The number of carbonyl (C=O) groups is 1. The minimum absolute atomic E-state index is 0.0509. The van der Waals surface area contributed by atoms with Crippen LogP contribution in [0.5, 0.6) is 0 Å². The van der Waals surface area contributed by atoms with E-state index in [0.29, 0.717) is 11.9 Å². The molecule has 2 aromatic heterocycles. The predicted molar refractivity (Wildman–Crippen MR) is 120 cm³/mol. The fraction of sp³-hybridized carbons (Fsp3) is 0.318. The van der Waals surface area contributed by atoms with Crippen LogP contribution in [0.2, 0.25) is 5.02 Å². The first-order chi connectivity index (χ1) is 15.8. The molecule has 0 spiro atoms. The molecule has 0 radical (unpaired) electrons. The second-order valence-corrected chi connectivity index (χ2v) is 8.77. The van der Waals surface area contributed by atoms with Crippen molar-refractivity contribution in [2.75, 3.05) is 31.6 Å². The Kier molecular flexibility index (Phi) is 7.28. The maximum atomic E-state index is 12.7. The molecule has 0 aliphatic carbocycles. The summed E-state index contributed by atoms with van der Waals surface area (Å²) in [5, 5.41) is 4.71. The lowest BCUT2D eigenvalue weighted by molar-refractivity contribution is -0.137. The Hall–Kier alpha value is -2.53. The Bertz CT molecular complexity index is 1120. The van der Waals surface area contributed by atoms with Crippen molar-refractivity contribution in [1.82, 2.24) is 14.9 Å². The van der Waals surface area contributed by atoms with Crippen molar-refractivity contribution in [1.29, 1.82) is 0 Å². The Morgan fingerprint density at radius 3 is 2.61 bits per heavy atom. The van der Waals surface area contributed by atoms with Crippen LogP contribution in [0.25, 0.3) is 10.6 Å². The summed E-state index contributed by atoms with van der Waals surface area (Å²) in [4.78, 5) is 22.8. The molecule has 1 aliphatic rings. The highest BCUT2D eigenvalue weighted by Crippen LogP contribution is 2.32. The second-order valence-electron chi connectivity index (χ2n) is 7.51. The Morgan fingerprint density at radius 1 is 1.21 bits per heavy atom. The summed E-state index contributed by atoms with van der Waals surface area (Å²) < 4.78 is 43.5. The van der Waals surface area contributed by atoms with E-state index >= 15 is 0 Å². The average Bonchev–Trinajstić information content (AvgIpc) is 3.24. The summed E-state index contributed by atoms with van der Waals surface area (Å²) in [5.41, 5.74) is 1.72. The van der Waals surface area contributed by atoms with Gasteiger partial charge < -0.3 is 10.1 Å². The first-order valence-corrected chi connectivity index (χ1v) is 11.4. The molecular weight excluding hydrogens is 477 g/mol. The molecule has 0 bridgehead atoms. The molecule has 11 heteroatoms. The number of anilines is 1. The fourth-order valence-corrected chi connectivity index (χ4v) is 4.36. The zero-order valence-electron chi connectivity index (χ0n) is 17.4. The van der Waals surface area contributed by atoms with Gasteiger partial charge in [-0.05, 0) is 11.6 Å². The van der Waals surface area contributed by atoms with E-state index in [2.05, 4.69) is 32.3 Å². The molecule has 1 amide bonds. The molecule has 0 unspecified atom stereocenters. The number of hydrogen-bond acceptors (Lipinski definition) is 6. The van der Waals surface area contributed by atoms with Gasteiger partial charge in [-0.2, -0.15) is 13.2 Å². The number of carbonyl (C=O) groups excluding carboxylic acids is 1. The smallest absolute Gasteiger partial charge is 0.379 e. The lowest BCUT2D eigenvalue weighted by Crippen LogP contribution is -2.35. The maximum absolute atomic E-state index is 12.7. The van der Waals surface area contributed by atoms with Crippen molar-refractivity contribution in [3.8, 4) is 10.6 Å². The zero-order valence-corrected chi connectivity index (χ0v) is 18.9. The van der Waals surface area contributed by atoms with E-state index in [9.17, 15) is 18.0 Å². The van der Waals surface area contributed by atoms with E-state index in [4.69, 9.17) is 16.3 Å². The van der Waals surface area contributed by atoms with E-state index < -0.39 is 17.6 Å². The monoisotopic (exact) mass is 496 g/mol. The third-order valence-electron chi connectivity index (χ3n) is 5.03. The minimum Gasteiger partial charge on any atom is -0.379 e. The van der Waals surface area contributed by atoms with E-state index in [0.717, 1.165) is 49.5 Å². The van der Waals surface area contributed by atoms with Crippen LogP contribution in [0, 0.1) is 0 Å². The molecule has 1 fully saturated rings. The van der Waals surface area contributed by atoms with Gasteiger partial charge in [0.25, 0.3) is 0 Å². The highest BCUT2D eigenvalue weighted by Gasteiger charge is 2.31. The van der Waals surface area contributed by atoms with Crippen molar-refractivity contribution in [2.45, 2.75) is 19.1 Å². The molecule has 3 heterocycles. The molecule has 1 aromatic carbocycles. The highest BCUT2D eigenvalue weighted by atomic mass is 35.5. The maximum Gasteiger partial charge on any atom is 0.417 e. The molecule has 0 saturated carbocycles. The van der Waals surface area contributed by atoms with Gasteiger partial charge in [-0.25, -0.2) is 9.97 Å². The number of nitrogens with zero attached hydrogens (tertiary/aromatic N) is 3. The number of alkyl halides is 3. The molecule has 1 saturated heterocycles. The molecule has 4 rings (SSSR count). The number of nitrogens with one attached hydrogen (secondary N) is 1. The van der Waals surface area contributed by atoms with Gasteiger partial charge in [-0.1, -0.05) is 35.9 Å². The van der Waals surface area contributed by atoms with Crippen LogP contribution in [0.4, 0.5) is 19.0 Å². The Balaban J connectivity index is 1.35. The Morgan fingerprint density at radius 2 is 1.94 bits per heavy atom. The van der Waals surface area contributed by atoms with E-state index in [1.807, 2.05) is 12.1 Å². The van der Waals surface area contributed by atoms with Crippen molar-refractivity contribution in [2.24, 2.45) is 0 Å². The molecule has 33 heavy (non-hydrogen) atoms. The number of halogens is 4. The van der Waals surface area contributed by atoms with Crippen molar-refractivity contribution < 1.29 is 22.7 Å². The predicted octanol–water partition coefficient (Wildman–Crippen LogP) is 4.89. The summed E-state index contributed by atoms with van der Waals surface area (Å²) in [5.74, 6) is -0.595. The molecule has 3 aromatic rings. The van der Waals surface area contributed by atoms with Crippen molar-refractivity contribution >= 4 is 34.7 Å². The minimum atomic E-state index is -4.56. The standard InChI is InChI=1S/C22H20ClF3N4O2S/c23-18-9-16(22(24,25)26)11-27-20(18)29-19(31)10-17-13-33-21(28-17)15-3-1-14(2-4-15)12-30-5-7-32-8-6-30/h1-4,9,11,13H,5-8,10,12H2,(H,27,29,31). The number of aromatic nitrogens is 2. The number of pyridine rings is 1. The summed E-state index contributed by atoms with van der Waals surface area (Å²) in [6, 6.07) is 8.87. The number of morpholine rings is 1. The Labute approximate surface area is 197 Å². The van der Waals surface area contributed by atoms with Crippen LogP contribution in [0.1, 0.15) is 16.8 Å². The van der Waals surface area contributed by atoms with Gasteiger partial charge in [-0.3, -0.25) is 9.69 Å². The lowest BCUT2D eigenvalue weighted by atomic mass is 10.1. The largest absolute Gasteiger partial charge is 0.417 e. The quantitative estimate of drug-likeness (QED) is 0.526. The van der Waals surface area contributed by atoms with Gasteiger partial charge in [0.1, 0.15) is 5.01 Å². The van der Waals surface area contributed by atoms with Crippen LogP contribution in [0.15, 0.2) is 41.9 Å². The van der Waals surface area contributed by atoms with Gasteiger partial charge in [0.05, 0.1) is 35.9 Å². The number of benzene rings is 1. The lowest BCUT2D eigenvalue weighted by Gasteiger charge is -2.26. The van der Waals surface area contributed by atoms with Crippen LogP contribution in [-0.2, 0) is 28.7 Å². The summed E-state index contributed by atoms with van der Waals surface area (Å²) in [7, 11) is 0. The van der Waals surface area contributed by atoms with Crippen LogP contribution in [-0.4, -0.2) is 47.1 Å². The number of ether oxygens (including phenoxy) is 1. The second kappa shape index (κ2) is 10.2. The summed E-state index contributed by atoms with van der Waals surface area (Å²) >= 11 is 7.26. The number of hydrogen-bond donors (Lipinski definition) is 1. The number of rotatable bonds is 6.